The minimum Gasteiger partial charge on any atom is -0.432 e. The van der Waals surface area contributed by atoms with Crippen LogP contribution < -0.4 is 4.74 Å². The van der Waals surface area contributed by atoms with Gasteiger partial charge in [0.05, 0.1) is 4.92 Å². The maximum absolute atomic E-state index is 10.9. The highest BCUT2D eigenvalue weighted by molar-refractivity contribution is 6.29. The lowest BCUT2D eigenvalue weighted by Gasteiger charge is -2.05. The molecule has 0 bridgehead atoms. The fourth-order valence-electron chi connectivity index (χ4n) is 1.34. The summed E-state index contributed by atoms with van der Waals surface area (Å²) in [6, 6.07) is 5.97. The third-order valence-electron chi connectivity index (χ3n) is 2.14. The van der Waals surface area contributed by atoms with Crippen molar-refractivity contribution in [3.05, 3.63) is 51.4 Å². The van der Waals surface area contributed by atoms with Gasteiger partial charge in [-0.25, -0.2) is 9.97 Å². The lowest BCUT2D eigenvalue weighted by atomic mass is 10.2. The van der Waals surface area contributed by atoms with Crippen molar-refractivity contribution >= 4 is 17.3 Å². The molecule has 0 saturated carbocycles. The van der Waals surface area contributed by atoms with Gasteiger partial charge in [0, 0.05) is 12.1 Å². The Bertz CT molecular complexity index is 604. The Labute approximate surface area is 107 Å². The molecular formula is C11H8ClN3O3. The maximum Gasteiger partial charge on any atom is 0.311 e. The minimum absolute atomic E-state index is 0.120. The van der Waals surface area contributed by atoms with Crippen LogP contribution in [0.15, 0.2) is 30.6 Å². The van der Waals surface area contributed by atoms with Crippen molar-refractivity contribution in [1.82, 2.24) is 9.97 Å². The summed E-state index contributed by atoms with van der Waals surface area (Å²) in [6.07, 6.45) is 1.22. The van der Waals surface area contributed by atoms with Crippen LogP contribution in [0.2, 0.25) is 5.15 Å². The fraction of sp³-hybridized carbons (Fsp3) is 0.0909. The van der Waals surface area contributed by atoms with Gasteiger partial charge in [0.15, 0.2) is 0 Å². The first kappa shape index (κ1) is 12.3. The smallest absolute Gasteiger partial charge is 0.311 e. The van der Waals surface area contributed by atoms with Gasteiger partial charge >= 0.3 is 5.69 Å². The largest absolute Gasteiger partial charge is 0.432 e. The number of aromatic nitrogens is 2. The van der Waals surface area contributed by atoms with E-state index in [1.54, 1.807) is 12.1 Å². The van der Waals surface area contributed by atoms with Gasteiger partial charge in [-0.15, -0.1) is 0 Å². The summed E-state index contributed by atoms with van der Waals surface area (Å²) >= 11 is 5.68. The number of nitro groups is 1. The molecule has 1 aromatic carbocycles. The number of hydrogen-bond donors (Lipinski definition) is 0. The van der Waals surface area contributed by atoms with E-state index in [4.69, 9.17) is 16.3 Å². The van der Waals surface area contributed by atoms with E-state index in [1.165, 1.54) is 18.5 Å². The van der Waals surface area contributed by atoms with Crippen molar-refractivity contribution in [2.45, 2.75) is 6.92 Å². The summed E-state index contributed by atoms with van der Waals surface area (Å²) in [5, 5.41) is 11.1. The Hall–Kier alpha value is -2.21. The molecule has 2 aromatic rings. The molecule has 0 saturated heterocycles. The van der Waals surface area contributed by atoms with E-state index >= 15 is 0 Å². The van der Waals surface area contributed by atoms with Crippen molar-refractivity contribution in [3.8, 4) is 11.6 Å². The molecule has 0 radical (unpaired) electrons. The Morgan fingerprint density at radius 2 is 2.11 bits per heavy atom. The molecule has 1 heterocycles. The van der Waals surface area contributed by atoms with Gasteiger partial charge in [-0.1, -0.05) is 17.7 Å². The van der Waals surface area contributed by atoms with Crippen LogP contribution in [0.5, 0.6) is 11.6 Å². The van der Waals surface area contributed by atoms with Gasteiger partial charge in [-0.05, 0) is 18.6 Å². The number of nitro benzene ring substituents is 1. The van der Waals surface area contributed by atoms with Crippen LogP contribution in [0.4, 0.5) is 5.69 Å². The van der Waals surface area contributed by atoms with Crippen molar-refractivity contribution in [2.75, 3.05) is 0 Å². The third kappa shape index (κ3) is 2.72. The van der Waals surface area contributed by atoms with E-state index in [0.717, 1.165) is 5.56 Å². The number of ether oxygens (including phenoxy) is 1. The molecule has 0 amide bonds. The van der Waals surface area contributed by atoms with E-state index in [-0.39, 0.29) is 22.5 Å². The van der Waals surface area contributed by atoms with Crippen LogP contribution in [0, 0.1) is 17.0 Å². The monoisotopic (exact) mass is 265 g/mol. The number of rotatable bonds is 3. The quantitative estimate of drug-likeness (QED) is 0.484. The average Bonchev–Trinajstić information content (AvgIpc) is 2.28. The van der Waals surface area contributed by atoms with Crippen LogP contribution in [0.1, 0.15) is 5.56 Å². The second kappa shape index (κ2) is 4.97. The van der Waals surface area contributed by atoms with Gasteiger partial charge in [0.25, 0.3) is 0 Å². The highest BCUT2D eigenvalue weighted by Gasteiger charge is 2.16. The van der Waals surface area contributed by atoms with Gasteiger partial charge in [-0.2, -0.15) is 0 Å². The summed E-state index contributed by atoms with van der Waals surface area (Å²) in [5.74, 6) is 0.276. The normalized spacial score (nSPS) is 10.1. The Kier molecular flexibility index (Phi) is 3.38. The SMILES string of the molecule is Cc1ccc([N+](=O)[O-])c(Oc2cc(Cl)ncn2)c1. The van der Waals surface area contributed by atoms with Crippen LogP contribution in [0.25, 0.3) is 0 Å². The summed E-state index contributed by atoms with van der Waals surface area (Å²) in [5.41, 5.74) is 0.714. The zero-order valence-electron chi connectivity index (χ0n) is 9.33. The van der Waals surface area contributed by atoms with E-state index in [0.29, 0.717) is 0 Å². The molecule has 1 aromatic heterocycles. The Balaban J connectivity index is 2.39. The number of halogens is 1. The molecule has 18 heavy (non-hydrogen) atoms. The van der Waals surface area contributed by atoms with E-state index in [1.807, 2.05) is 6.92 Å². The molecule has 0 aliphatic heterocycles. The summed E-state index contributed by atoms with van der Waals surface area (Å²) in [4.78, 5) is 17.9. The van der Waals surface area contributed by atoms with Crippen molar-refractivity contribution in [2.24, 2.45) is 0 Å². The molecule has 0 aliphatic carbocycles. The highest BCUT2D eigenvalue weighted by atomic mass is 35.5. The maximum atomic E-state index is 10.9. The molecule has 7 heteroatoms. The van der Waals surface area contributed by atoms with E-state index in [2.05, 4.69) is 9.97 Å². The predicted molar refractivity (Wildman–Crippen MR) is 64.9 cm³/mol. The molecule has 0 N–H and O–H groups in total. The third-order valence-corrected chi connectivity index (χ3v) is 2.34. The first-order chi connectivity index (χ1) is 8.56. The molecule has 0 spiro atoms. The molecule has 92 valence electrons. The summed E-state index contributed by atoms with van der Waals surface area (Å²) in [7, 11) is 0. The predicted octanol–water partition coefficient (Wildman–Crippen LogP) is 3.14. The number of nitrogens with zero attached hydrogens (tertiary/aromatic N) is 3. The van der Waals surface area contributed by atoms with Gasteiger partial charge in [0.1, 0.15) is 11.5 Å². The molecule has 2 rings (SSSR count). The van der Waals surface area contributed by atoms with Crippen molar-refractivity contribution < 1.29 is 9.66 Å². The van der Waals surface area contributed by atoms with Crippen LogP contribution in [0.3, 0.4) is 0 Å². The Morgan fingerprint density at radius 1 is 1.33 bits per heavy atom. The first-order valence-electron chi connectivity index (χ1n) is 4.96. The molecule has 0 atom stereocenters. The topological polar surface area (TPSA) is 78.2 Å². The minimum atomic E-state index is -0.516. The van der Waals surface area contributed by atoms with Crippen LogP contribution in [-0.4, -0.2) is 14.9 Å². The van der Waals surface area contributed by atoms with Crippen molar-refractivity contribution in [1.29, 1.82) is 0 Å². The summed E-state index contributed by atoms with van der Waals surface area (Å²) < 4.78 is 5.36. The number of benzene rings is 1. The van der Waals surface area contributed by atoms with Crippen molar-refractivity contribution in [3.63, 3.8) is 0 Å². The van der Waals surface area contributed by atoms with Crippen LogP contribution in [-0.2, 0) is 0 Å². The Morgan fingerprint density at radius 3 is 2.78 bits per heavy atom. The van der Waals surface area contributed by atoms with E-state index in [9.17, 15) is 10.1 Å². The highest BCUT2D eigenvalue weighted by Crippen LogP contribution is 2.31. The lowest BCUT2D eigenvalue weighted by molar-refractivity contribution is -0.385. The molecule has 0 unspecified atom stereocenters. The van der Waals surface area contributed by atoms with Crippen LogP contribution >= 0.6 is 11.6 Å². The molecular weight excluding hydrogens is 258 g/mol. The fourth-order valence-corrected chi connectivity index (χ4v) is 1.48. The van der Waals surface area contributed by atoms with Gasteiger partial charge in [-0.3, -0.25) is 10.1 Å². The lowest BCUT2D eigenvalue weighted by Crippen LogP contribution is -1.95. The number of aryl methyl sites for hydroxylation is 1. The second-order valence-electron chi connectivity index (χ2n) is 3.51. The molecule has 6 nitrogen and oxygen atoms in total. The van der Waals surface area contributed by atoms with Gasteiger partial charge in [0.2, 0.25) is 11.6 Å². The zero-order chi connectivity index (χ0) is 13.1. The van der Waals surface area contributed by atoms with Gasteiger partial charge < -0.3 is 4.74 Å². The number of hydrogen-bond acceptors (Lipinski definition) is 5. The summed E-state index contributed by atoms with van der Waals surface area (Å²) in [6.45, 7) is 1.81. The zero-order valence-corrected chi connectivity index (χ0v) is 10.1. The average molecular weight is 266 g/mol. The molecule has 0 fully saturated rings. The first-order valence-corrected chi connectivity index (χ1v) is 5.34. The molecule has 0 aliphatic rings. The standard InChI is InChI=1S/C11H8ClN3O3/c1-7-2-3-8(15(16)17)9(4-7)18-11-5-10(12)13-6-14-11/h2-6H,1H3. The van der Waals surface area contributed by atoms with E-state index < -0.39 is 4.92 Å². The second-order valence-corrected chi connectivity index (χ2v) is 3.90.